The van der Waals surface area contributed by atoms with Crippen molar-refractivity contribution in [3.8, 4) is 0 Å². The van der Waals surface area contributed by atoms with Crippen LogP contribution >= 0.6 is 0 Å². The first-order valence-corrected chi connectivity index (χ1v) is 5.71. The summed E-state index contributed by atoms with van der Waals surface area (Å²) in [4.78, 5) is 24.8. The summed E-state index contributed by atoms with van der Waals surface area (Å²) in [5.74, 6) is -0.684. The number of carbonyl (C=O) groups is 2. The van der Waals surface area contributed by atoms with E-state index < -0.39 is 0 Å². The second-order valence-corrected chi connectivity index (χ2v) is 4.34. The number of rotatable bonds is 2. The summed E-state index contributed by atoms with van der Waals surface area (Å²) in [5, 5.41) is 0. The van der Waals surface area contributed by atoms with Gasteiger partial charge < -0.3 is 11.5 Å². The van der Waals surface area contributed by atoms with Crippen molar-refractivity contribution in [1.82, 2.24) is 0 Å². The average molecular weight is 254 g/mol. The number of allylic oxidation sites excluding steroid dienone is 4. The molecule has 19 heavy (non-hydrogen) atoms. The van der Waals surface area contributed by atoms with E-state index in [0.29, 0.717) is 5.56 Å². The summed E-state index contributed by atoms with van der Waals surface area (Å²) in [7, 11) is 0. The van der Waals surface area contributed by atoms with Gasteiger partial charge in [0.1, 0.15) is 0 Å². The molecule has 1 aliphatic rings. The number of hydrogen-bond acceptors (Lipinski definition) is 4. The highest BCUT2D eigenvalue weighted by molar-refractivity contribution is 6.32. The van der Waals surface area contributed by atoms with E-state index in [-0.39, 0.29) is 45.2 Å². The number of anilines is 2. The first-order valence-electron chi connectivity index (χ1n) is 5.71. The smallest absolute Gasteiger partial charge is 0.196 e. The lowest BCUT2D eigenvalue weighted by Crippen LogP contribution is -2.24. The topological polar surface area (TPSA) is 86.2 Å². The Morgan fingerprint density at radius 3 is 1.95 bits per heavy atom. The van der Waals surface area contributed by atoms with E-state index in [4.69, 9.17) is 11.5 Å². The third-order valence-electron chi connectivity index (χ3n) is 3.25. The fourth-order valence-corrected chi connectivity index (χ4v) is 2.26. The highest BCUT2D eigenvalue weighted by Crippen LogP contribution is 2.36. The van der Waals surface area contributed by atoms with Gasteiger partial charge in [0, 0.05) is 22.5 Å². The molecule has 0 saturated carbocycles. The fraction of sp³-hybridized carbons (Fsp3) is 0.0667. The monoisotopic (exact) mass is 254 g/mol. The summed E-state index contributed by atoms with van der Waals surface area (Å²) in [5.41, 5.74) is 13.7. The first-order chi connectivity index (χ1) is 8.93. The van der Waals surface area contributed by atoms with E-state index in [9.17, 15) is 9.59 Å². The third kappa shape index (κ3) is 1.61. The molecule has 0 spiro atoms. The zero-order valence-corrected chi connectivity index (χ0v) is 10.6. The molecule has 0 aromatic heterocycles. The van der Waals surface area contributed by atoms with Gasteiger partial charge in [-0.15, -0.1) is 0 Å². The van der Waals surface area contributed by atoms with Crippen molar-refractivity contribution < 1.29 is 9.59 Å². The fourth-order valence-electron chi connectivity index (χ4n) is 2.26. The van der Waals surface area contributed by atoms with E-state index in [0.717, 1.165) is 0 Å². The van der Waals surface area contributed by atoms with Gasteiger partial charge >= 0.3 is 0 Å². The van der Waals surface area contributed by atoms with Crippen molar-refractivity contribution >= 4 is 22.9 Å². The summed E-state index contributed by atoms with van der Waals surface area (Å²) in [6, 6.07) is 1.60. The van der Waals surface area contributed by atoms with Crippen molar-refractivity contribution in [3.05, 3.63) is 59.2 Å². The summed E-state index contributed by atoms with van der Waals surface area (Å²) in [6.45, 7) is 8.86. The Hall–Kier alpha value is -2.62. The molecule has 0 atom stereocenters. The van der Waals surface area contributed by atoms with E-state index in [1.165, 1.54) is 12.2 Å². The molecule has 0 amide bonds. The van der Waals surface area contributed by atoms with Gasteiger partial charge in [0.25, 0.3) is 0 Å². The highest BCUT2D eigenvalue weighted by atomic mass is 16.1. The maximum Gasteiger partial charge on any atom is 0.196 e. The summed E-state index contributed by atoms with van der Waals surface area (Å²) < 4.78 is 0. The zero-order valence-electron chi connectivity index (χ0n) is 10.6. The van der Waals surface area contributed by atoms with Gasteiger partial charge in [0.05, 0.1) is 11.1 Å². The van der Waals surface area contributed by atoms with Crippen LogP contribution in [-0.2, 0) is 0 Å². The lowest BCUT2D eigenvalue weighted by Gasteiger charge is -2.21. The Morgan fingerprint density at radius 1 is 1.00 bits per heavy atom. The number of nitrogen functional groups attached to an aromatic ring is 2. The molecular formula is C15H14N2O2. The van der Waals surface area contributed by atoms with Crippen LogP contribution in [0.4, 0.5) is 11.4 Å². The minimum Gasteiger partial charge on any atom is -0.398 e. The van der Waals surface area contributed by atoms with E-state index in [1.807, 2.05) is 0 Å². The normalized spacial score (nSPS) is 14.4. The molecule has 0 aliphatic heterocycles. The molecule has 1 aliphatic carbocycles. The minimum absolute atomic E-state index is 0.161. The SMILES string of the molecule is C=CC1=C(C=C)C(=O)c2c(N)c(C)cc(N)c2C1=O. The van der Waals surface area contributed by atoms with Crippen LogP contribution in [0.1, 0.15) is 26.3 Å². The predicted octanol–water partition coefficient (Wildman–Crippen LogP) is 2.21. The predicted molar refractivity (Wildman–Crippen MR) is 76.1 cm³/mol. The van der Waals surface area contributed by atoms with Gasteiger partial charge in [-0.2, -0.15) is 0 Å². The Bertz CT molecular complexity index is 682. The number of ketones is 2. The molecule has 4 heteroatoms. The lowest BCUT2D eigenvalue weighted by atomic mass is 9.81. The molecule has 4 N–H and O–H groups in total. The summed E-state index contributed by atoms with van der Waals surface area (Å²) >= 11 is 0. The van der Waals surface area contributed by atoms with Crippen molar-refractivity contribution in [2.75, 3.05) is 11.5 Å². The third-order valence-corrected chi connectivity index (χ3v) is 3.25. The van der Waals surface area contributed by atoms with Gasteiger partial charge in [-0.3, -0.25) is 9.59 Å². The lowest BCUT2D eigenvalue weighted by molar-refractivity contribution is 0.0982. The molecule has 0 radical (unpaired) electrons. The van der Waals surface area contributed by atoms with Crippen LogP contribution < -0.4 is 11.5 Å². The molecule has 0 saturated heterocycles. The zero-order chi connectivity index (χ0) is 14.3. The number of benzene rings is 1. The molecule has 1 aromatic carbocycles. The Balaban J connectivity index is 2.92. The molecule has 4 nitrogen and oxygen atoms in total. The number of hydrogen-bond donors (Lipinski definition) is 2. The molecule has 2 rings (SSSR count). The van der Waals surface area contributed by atoms with Crippen LogP contribution in [0, 0.1) is 6.92 Å². The Morgan fingerprint density at radius 2 is 1.47 bits per heavy atom. The van der Waals surface area contributed by atoms with Crippen LogP contribution in [0.25, 0.3) is 0 Å². The maximum atomic E-state index is 12.4. The first kappa shape index (κ1) is 12.8. The van der Waals surface area contributed by atoms with E-state index in [2.05, 4.69) is 13.2 Å². The van der Waals surface area contributed by atoms with Gasteiger partial charge in [-0.25, -0.2) is 0 Å². The number of Topliss-reactive ketones (excluding diaryl/α,β-unsaturated/α-hetero) is 2. The van der Waals surface area contributed by atoms with Gasteiger partial charge in [0.2, 0.25) is 0 Å². The molecule has 0 heterocycles. The Kier molecular flexibility index (Phi) is 2.86. The van der Waals surface area contributed by atoms with Crippen LogP contribution in [0.15, 0.2) is 42.5 Å². The molecule has 0 bridgehead atoms. The molecule has 1 aromatic rings. The number of carbonyl (C=O) groups excluding carboxylic acids is 2. The van der Waals surface area contributed by atoms with Crippen molar-refractivity contribution in [3.63, 3.8) is 0 Å². The standard InChI is InChI=1S/C15H14N2O2/c1-4-8-9(5-2)15(19)12-11(14(8)18)10(16)6-7(3)13(12)17/h4-6H,1-2,16-17H2,3H3. The van der Waals surface area contributed by atoms with Crippen molar-refractivity contribution in [1.29, 1.82) is 0 Å². The van der Waals surface area contributed by atoms with Gasteiger partial charge in [0.15, 0.2) is 11.6 Å². The number of aryl methyl sites for hydroxylation is 1. The second kappa shape index (κ2) is 4.24. The average Bonchev–Trinajstić information content (AvgIpc) is 2.37. The number of fused-ring (bicyclic) bond motifs is 1. The highest BCUT2D eigenvalue weighted by Gasteiger charge is 2.33. The van der Waals surface area contributed by atoms with Crippen LogP contribution in [0.2, 0.25) is 0 Å². The van der Waals surface area contributed by atoms with Crippen molar-refractivity contribution in [2.45, 2.75) is 6.92 Å². The van der Waals surface area contributed by atoms with Crippen LogP contribution in [0.5, 0.6) is 0 Å². The molecule has 0 fully saturated rings. The van der Waals surface area contributed by atoms with E-state index in [1.54, 1.807) is 13.0 Å². The largest absolute Gasteiger partial charge is 0.398 e. The van der Waals surface area contributed by atoms with Gasteiger partial charge in [-0.1, -0.05) is 25.3 Å². The summed E-state index contributed by atoms with van der Waals surface area (Å²) in [6.07, 6.45) is 2.69. The Labute approximate surface area is 111 Å². The quantitative estimate of drug-likeness (QED) is 0.792. The number of nitrogens with two attached hydrogens (primary N) is 2. The van der Waals surface area contributed by atoms with Crippen molar-refractivity contribution in [2.24, 2.45) is 0 Å². The molecular weight excluding hydrogens is 240 g/mol. The molecule has 0 unspecified atom stereocenters. The van der Waals surface area contributed by atoms with Crippen LogP contribution in [-0.4, -0.2) is 11.6 Å². The maximum absolute atomic E-state index is 12.4. The second-order valence-electron chi connectivity index (χ2n) is 4.34. The molecule has 96 valence electrons. The van der Waals surface area contributed by atoms with Crippen LogP contribution in [0.3, 0.4) is 0 Å². The van der Waals surface area contributed by atoms with Gasteiger partial charge in [-0.05, 0) is 18.6 Å². The minimum atomic E-state index is -0.344. The van der Waals surface area contributed by atoms with E-state index >= 15 is 0 Å².